The number of nitrogens with two attached hydrogens (primary N) is 2. The Bertz CT molecular complexity index is 277. The van der Waals surface area contributed by atoms with Crippen molar-refractivity contribution in [3.05, 3.63) is 0 Å². The van der Waals surface area contributed by atoms with Crippen LogP contribution in [0.3, 0.4) is 0 Å². The van der Waals surface area contributed by atoms with E-state index in [-0.39, 0.29) is 5.75 Å². The SMILES string of the molecule is CC(C)(C)S(=O)(=O)CCN(CCN)CCN. The maximum atomic E-state index is 11.9. The summed E-state index contributed by atoms with van der Waals surface area (Å²) < 4.78 is 23.1. The second kappa shape index (κ2) is 6.54. The predicted octanol–water partition coefficient (Wildman–Crippen LogP) is -0.581. The van der Waals surface area contributed by atoms with Crippen molar-refractivity contribution < 1.29 is 8.42 Å². The second-order valence-electron chi connectivity index (χ2n) is 4.85. The van der Waals surface area contributed by atoms with Crippen LogP contribution in [-0.2, 0) is 9.84 Å². The maximum absolute atomic E-state index is 11.9. The lowest BCUT2D eigenvalue weighted by atomic mass is 10.3. The molecule has 0 amide bonds. The van der Waals surface area contributed by atoms with Crippen LogP contribution in [0, 0.1) is 0 Å². The molecule has 0 aromatic heterocycles. The van der Waals surface area contributed by atoms with Crippen LogP contribution in [0.2, 0.25) is 0 Å². The molecule has 0 atom stereocenters. The molecule has 0 fully saturated rings. The van der Waals surface area contributed by atoms with Gasteiger partial charge in [-0.1, -0.05) is 0 Å². The van der Waals surface area contributed by atoms with E-state index in [1.807, 2.05) is 4.90 Å². The first-order chi connectivity index (χ1) is 7.24. The molecule has 0 aliphatic heterocycles. The first kappa shape index (κ1) is 15.8. The fourth-order valence-electron chi connectivity index (χ4n) is 1.26. The average Bonchev–Trinajstić information content (AvgIpc) is 2.13. The third kappa shape index (κ3) is 5.25. The fourth-order valence-corrected chi connectivity index (χ4v) is 2.37. The summed E-state index contributed by atoms with van der Waals surface area (Å²) in [5.41, 5.74) is 10.9. The molecule has 0 radical (unpaired) electrons. The molecule has 16 heavy (non-hydrogen) atoms. The van der Waals surface area contributed by atoms with Crippen molar-refractivity contribution in [1.82, 2.24) is 4.90 Å². The van der Waals surface area contributed by atoms with Gasteiger partial charge < -0.3 is 11.5 Å². The van der Waals surface area contributed by atoms with E-state index < -0.39 is 14.6 Å². The van der Waals surface area contributed by atoms with Crippen LogP contribution in [0.25, 0.3) is 0 Å². The van der Waals surface area contributed by atoms with Gasteiger partial charge in [-0.15, -0.1) is 0 Å². The molecule has 0 saturated carbocycles. The zero-order chi connectivity index (χ0) is 12.8. The van der Waals surface area contributed by atoms with Crippen LogP contribution in [0.4, 0.5) is 0 Å². The summed E-state index contributed by atoms with van der Waals surface area (Å²) in [6.07, 6.45) is 0. The molecule has 98 valence electrons. The van der Waals surface area contributed by atoms with Gasteiger partial charge in [0.15, 0.2) is 9.84 Å². The smallest absolute Gasteiger partial charge is 0.156 e. The third-order valence-electron chi connectivity index (χ3n) is 2.50. The minimum atomic E-state index is -3.05. The van der Waals surface area contributed by atoms with Gasteiger partial charge in [-0.3, -0.25) is 4.90 Å². The Balaban J connectivity index is 4.30. The lowest BCUT2D eigenvalue weighted by Gasteiger charge is -2.24. The van der Waals surface area contributed by atoms with Gasteiger partial charge in [-0.05, 0) is 20.8 Å². The van der Waals surface area contributed by atoms with E-state index in [0.29, 0.717) is 32.7 Å². The van der Waals surface area contributed by atoms with Crippen molar-refractivity contribution >= 4 is 9.84 Å². The first-order valence-corrected chi connectivity index (χ1v) is 7.24. The molecule has 0 saturated heterocycles. The molecule has 4 N–H and O–H groups in total. The van der Waals surface area contributed by atoms with Crippen molar-refractivity contribution in [3.63, 3.8) is 0 Å². The topological polar surface area (TPSA) is 89.4 Å². The predicted molar refractivity (Wildman–Crippen MR) is 68.1 cm³/mol. The Morgan fingerprint density at radius 3 is 1.75 bits per heavy atom. The quantitative estimate of drug-likeness (QED) is 0.632. The van der Waals surface area contributed by atoms with Crippen LogP contribution >= 0.6 is 0 Å². The number of rotatable bonds is 7. The normalized spacial score (nSPS) is 13.4. The van der Waals surface area contributed by atoms with E-state index in [9.17, 15) is 8.42 Å². The summed E-state index contributed by atoms with van der Waals surface area (Å²) in [4.78, 5) is 1.99. The van der Waals surface area contributed by atoms with Gasteiger partial charge in [0.2, 0.25) is 0 Å². The fraction of sp³-hybridized carbons (Fsp3) is 1.00. The Morgan fingerprint density at radius 1 is 1.00 bits per heavy atom. The van der Waals surface area contributed by atoms with Crippen molar-refractivity contribution in [2.75, 3.05) is 38.5 Å². The monoisotopic (exact) mass is 251 g/mol. The van der Waals surface area contributed by atoms with Gasteiger partial charge in [0.1, 0.15) is 0 Å². The van der Waals surface area contributed by atoms with Crippen LogP contribution in [0.15, 0.2) is 0 Å². The summed E-state index contributed by atoms with van der Waals surface area (Å²) in [6.45, 7) is 8.10. The Morgan fingerprint density at radius 2 is 1.44 bits per heavy atom. The number of sulfone groups is 1. The highest BCUT2D eigenvalue weighted by Crippen LogP contribution is 2.15. The molecule has 0 aromatic rings. The number of hydrogen-bond acceptors (Lipinski definition) is 5. The van der Waals surface area contributed by atoms with Crippen LogP contribution in [0.1, 0.15) is 20.8 Å². The van der Waals surface area contributed by atoms with E-state index in [4.69, 9.17) is 11.5 Å². The molecule has 0 aliphatic rings. The standard InChI is InChI=1S/C10H25N3O2S/c1-10(2,3)16(14,15)9-8-13(6-4-11)7-5-12/h4-9,11-12H2,1-3H3. The summed E-state index contributed by atoms with van der Waals surface area (Å²) in [5, 5.41) is 0. The highest BCUT2D eigenvalue weighted by Gasteiger charge is 2.28. The van der Waals surface area contributed by atoms with Gasteiger partial charge >= 0.3 is 0 Å². The minimum absolute atomic E-state index is 0.163. The highest BCUT2D eigenvalue weighted by atomic mass is 32.2. The van der Waals surface area contributed by atoms with Gasteiger partial charge in [0, 0.05) is 32.7 Å². The molecule has 0 bridgehead atoms. The van der Waals surface area contributed by atoms with Crippen molar-refractivity contribution in [1.29, 1.82) is 0 Å². The molecular formula is C10H25N3O2S. The van der Waals surface area contributed by atoms with Gasteiger partial charge in [-0.25, -0.2) is 8.42 Å². The number of nitrogens with zero attached hydrogens (tertiary/aromatic N) is 1. The van der Waals surface area contributed by atoms with E-state index in [2.05, 4.69) is 0 Å². The zero-order valence-electron chi connectivity index (χ0n) is 10.6. The van der Waals surface area contributed by atoms with E-state index in [1.54, 1.807) is 20.8 Å². The Kier molecular flexibility index (Phi) is 6.47. The zero-order valence-corrected chi connectivity index (χ0v) is 11.4. The highest BCUT2D eigenvalue weighted by molar-refractivity contribution is 7.92. The van der Waals surface area contributed by atoms with Crippen LogP contribution in [0.5, 0.6) is 0 Å². The molecule has 0 unspecified atom stereocenters. The molecule has 0 spiro atoms. The van der Waals surface area contributed by atoms with E-state index >= 15 is 0 Å². The van der Waals surface area contributed by atoms with Gasteiger partial charge in [0.25, 0.3) is 0 Å². The first-order valence-electron chi connectivity index (χ1n) is 5.59. The van der Waals surface area contributed by atoms with Crippen LogP contribution < -0.4 is 11.5 Å². The third-order valence-corrected chi connectivity index (χ3v) is 5.09. The molecule has 0 aromatic carbocycles. The van der Waals surface area contributed by atoms with E-state index in [0.717, 1.165) is 0 Å². The molecular weight excluding hydrogens is 226 g/mol. The Labute approximate surface area is 99.1 Å². The van der Waals surface area contributed by atoms with Crippen molar-refractivity contribution in [3.8, 4) is 0 Å². The molecule has 0 rings (SSSR count). The molecule has 0 heterocycles. The Hall–Kier alpha value is -0.170. The molecule has 0 aliphatic carbocycles. The number of hydrogen-bond donors (Lipinski definition) is 2. The summed E-state index contributed by atoms with van der Waals surface area (Å²) >= 11 is 0. The molecule has 5 nitrogen and oxygen atoms in total. The summed E-state index contributed by atoms with van der Waals surface area (Å²) in [6, 6.07) is 0. The summed E-state index contributed by atoms with van der Waals surface area (Å²) in [7, 11) is -3.05. The lowest BCUT2D eigenvalue weighted by Crippen LogP contribution is -2.40. The van der Waals surface area contributed by atoms with Crippen molar-refractivity contribution in [2.45, 2.75) is 25.5 Å². The van der Waals surface area contributed by atoms with Crippen LogP contribution in [-0.4, -0.2) is 56.5 Å². The molecule has 6 heteroatoms. The largest absolute Gasteiger partial charge is 0.329 e. The van der Waals surface area contributed by atoms with Crippen molar-refractivity contribution in [2.24, 2.45) is 11.5 Å². The van der Waals surface area contributed by atoms with Gasteiger partial charge in [0.05, 0.1) is 10.5 Å². The second-order valence-corrected chi connectivity index (χ2v) is 7.71. The maximum Gasteiger partial charge on any atom is 0.156 e. The summed E-state index contributed by atoms with van der Waals surface area (Å²) in [5.74, 6) is 0.163. The van der Waals surface area contributed by atoms with E-state index in [1.165, 1.54) is 0 Å². The average molecular weight is 251 g/mol. The lowest BCUT2D eigenvalue weighted by molar-refractivity contribution is 0.304. The minimum Gasteiger partial charge on any atom is -0.329 e. The van der Waals surface area contributed by atoms with Gasteiger partial charge in [-0.2, -0.15) is 0 Å².